The summed E-state index contributed by atoms with van der Waals surface area (Å²) in [6.07, 6.45) is 3.95. The molecular formula is C19H18N4O3S. The zero-order valence-corrected chi connectivity index (χ0v) is 15.5. The minimum atomic E-state index is -0.0954. The molecule has 4 rings (SSSR count). The lowest BCUT2D eigenvalue weighted by Gasteiger charge is -2.06. The van der Waals surface area contributed by atoms with Gasteiger partial charge in [-0.25, -0.2) is 4.98 Å². The van der Waals surface area contributed by atoms with Gasteiger partial charge in [-0.15, -0.1) is 0 Å². The number of hydrogen-bond acceptors (Lipinski definition) is 7. The average molecular weight is 382 g/mol. The number of benzene rings is 1. The summed E-state index contributed by atoms with van der Waals surface area (Å²) < 4.78 is 10.4. The molecule has 2 heterocycles. The van der Waals surface area contributed by atoms with Crippen molar-refractivity contribution < 1.29 is 14.1 Å². The van der Waals surface area contributed by atoms with Crippen molar-refractivity contribution in [1.82, 2.24) is 15.1 Å². The highest BCUT2D eigenvalue weighted by Gasteiger charge is 2.29. The van der Waals surface area contributed by atoms with Crippen molar-refractivity contribution in [3.05, 3.63) is 48.4 Å². The Kier molecular flexibility index (Phi) is 5.06. The monoisotopic (exact) mass is 382 g/mol. The van der Waals surface area contributed by atoms with Crippen LogP contribution >= 0.6 is 11.8 Å². The molecule has 1 fully saturated rings. The number of rotatable bonds is 7. The van der Waals surface area contributed by atoms with Crippen LogP contribution in [0.1, 0.15) is 24.6 Å². The van der Waals surface area contributed by atoms with E-state index < -0.39 is 0 Å². The van der Waals surface area contributed by atoms with Crippen molar-refractivity contribution in [2.24, 2.45) is 0 Å². The summed E-state index contributed by atoms with van der Waals surface area (Å²) in [6.45, 7) is 0. The van der Waals surface area contributed by atoms with Crippen molar-refractivity contribution in [2.75, 3.05) is 18.2 Å². The quantitative estimate of drug-likeness (QED) is 0.622. The van der Waals surface area contributed by atoms with Crippen LogP contribution in [0.5, 0.6) is 5.75 Å². The number of nitrogens with zero attached hydrogens (tertiary/aromatic N) is 3. The molecule has 1 aliphatic rings. The molecule has 2 aromatic heterocycles. The number of pyridine rings is 1. The topological polar surface area (TPSA) is 90.1 Å². The van der Waals surface area contributed by atoms with Gasteiger partial charge in [0, 0.05) is 17.8 Å². The molecule has 0 radical (unpaired) electrons. The zero-order chi connectivity index (χ0) is 18.6. The van der Waals surface area contributed by atoms with Gasteiger partial charge in [0.25, 0.3) is 5.89 Å². The average Bonchev–Trinajstić information content (AvgIpc) is 3.44. The minimum absolute atomic E-state index is 0.0954. The van der Waals surface area contributed by atoms with Gasteiger partial charge in [0.2, 0.25) is 5.91 Å². The normalized spacial score (nSPS) is 13.4. The highest BCUT2D eigenvalue weighted by Crippen LogP contribution is 2.38. The predicted octanol–water partition coefficient (Wildman–Crippen LogP) is 3.75. The van der Waals surface area contributed by atoms with Gasteiger partial charge in [-0.05, 0) is 49.2 Å². The van der Waals surface area contributed by atoms with Crippen LogP contribution in [-0.2, 0) is 4.79 Å². The van der Waals surface area contributed by atoms with E-state index in [1.165, 1.54) is 11.8 Å². The van der Waals surface area contributed by atoms with Crippen LogP contribution in [0.4, 0.5) is 5.69 Å². The Labute approximate surface area is 160 Å². The maximum absolute atomic E-state index is 12.1. The van der Waals surface area contributed by atoms with E-state index in [0.29, 0.717) is 11.8 Å². The lowest BCUT2D eigenvalue weighted by atomic mass is 10.3. The summed E-state index contributed by atoms with van der Waals surface area (Å²) in [7, 11) is 1.60. The molecule has 1 amide bonds. The number of ether oxygens (including phenoxy) is 1. The van der Waals surface area contributed by atoms with Crippen LogP contribution in [0.15, 0.2) is 52.1 Å². The van der Waals surface area contributed by atoms with Crippen LogP contribution in [0.2, 0.25) is 0 Å². The first-order valence-electron chi connectivity index (χ1n) is 8.58. The van der Waals surface area contributed by atoms with Gasteiger partial charge in [0.05, 0.1) is 23.5 Å². The van der Waals surface area contributed by atoms with E-state index in [9.17, 15) is 4.79 Å². The fraction of sp³-hybridized carbons (Fsp3) is 0.263. The summed E-state index contributed by atoms with van der Waals surface area (Å²) in [5.41, 5.74) is 1.51. The van der Waals surface area contributed by atoms with E-state index >= 15 is 0 Å². The number of anilines is 1. The largest absolute Gasteiger partial charge is 0.497 e. The molecule has 0 bridgehead atoms. The highest BCUT2D eigenvalue weighted by molar-refractivity contribution is 7.99. The third-order valence-electron chi connectivity index (χ3n) is 4.09. The molecule has 27 heavy (non-hydrogen) atoms. The summed E-state index contributed by atoms with van der Waals surface area (Å²) >= 11 is 1.36. The molecular weight excluding hydrogens is 364 g/mol. The zero-order valence-electron chi connectivity index (χ0n) is 14.7. The fourth-order valence-electron chi connectivity index (χ4n) is 2.46. The first kappa shape index (κ1) is 17.5. The van der Waals surface area contributed by atoms with Crippen molar-refractivity contribution in [3.8, 4) is 17.2 Å². The predicted molar refractivity (Wildman–Crippen MR) is 102 cm³/mol. The fourth-order valence-corrected chi connectivity index (χ4v) is 3.11. The van der Waals surface area contributed by atoms with E-state index in [2.05, 4.69) is 20.4 Å². The highest BCUT2D eigenvalue weighted by atomic mass is 32.2. The SMILES string of the molecule is COc1ccc(NC(=O)CSc2ccc(-c3nc(C4CC4)no3)cn2)cc1. The van der Waals surface area contributed by atoms with Gasteiger partial charge >= 0.3 is 0 Å². The lowest BCUT2D eigenvalue weighted by molar-refractivity contribution is -0.113. The second-order valence-corrected chi connectivity index (χ2v) is 7.18. The Balaban J connectivity index is 1.30. The Morgan fingerprint density at radius 2 is 2.07 bits per heavy atom. The molecule has 1 N–H and O–H groups in total. The van der Waals surface area contributed by atoms with Crippen molar-refractivity contribution in [3.63, 3.8) is 0 Å². The number of nitrogens with one attached hydrogen (secondary N) is 1. The number of aromatic nitrogens is 3. The number of methoxy groups -OCH3 is 1. The van der Waals surface area contributed by atoms with Gasteiger partial charge in [-0.2, -0.15) is 4.98 Å². The Hall–Kier alpha value is -2.87. The number of thioether (sulfide) groups is 1. The minimum Gasteiger partial charge on any atom is -0.497 e. The molecule has 138 valence electrons. The van der Waals surface area contributed by atoms with Crippen LogP contribution in [-0.4, -0.2) is 33.9 Å². The van der Waals surface area contributed by atoms with E-state index in [1.54, 1.807) is 37.6 Å². The smallest absolute Gasteiger partial charge is 0.259 e. The van der Waals surface area contributed by atoms with Crippen LogP contribution in [0.25, 0.3) is 11.5 Å². The number of hydrogen-bond donors (Lipinski definition) is 1. The second-order valence-electron chi connectivity index (χ2n) is 6.18. The summed E-state index contributed by atoms with van der Waals surface area (Å²) in [5.74, 6) is 2.63. The molecule has 0 saturated heterocycles. The van der Waals surface area contributed by atoms with Gasteiger partial charge in [0.1, 0.15) is 5.75 Å². The molecule has 1 saturated carbocycles. The third kappa shape index (κ3) is 4.46. The molecule has 8 heteroatoms. The summed E-state index contributed by atoms with van der Waals surface area (Å²) in [6, 6.07) is 10.9. The summed E-state index contributed by atoms with van der Waals surface area (Å²) in [4.78, 5) is 20.8. The second kappa shape index (κ2) is 7.79. The maximum Gasteiger partial charge on any atom is 0.259 e. The molecule has 0 unspecified atom stereocenters. The maximum atomic E-state index is 12.1. The molecule has 0 atom stereocenters. The van der Waals surface area contributed by atoms with Gasteiger partial charge in [-0.1, -0.05) is 16.9 Å². The standard InChI is InChI=1S/C19H18N4O3S/c1-25-15-7-5-14(6-8-15)21-16(24)11-27-17-9-4-13(10-20-17)19-22-18(23-26-19)12-2-3-12/h4-10,12H,2-3,11H2,1H3,(H,21,24). The van der Waals surface area contributed by atoms with E-state index in [0.717, 1.165) is 40.7 Å². The summed E-state index contributed by atoms with van der Waals surface area (Å²) in [5, 5.41) is 7.61. The lowest BCUT2D eigenvalue weighted by Crippen LogP contribution is -2.13. The van der Waals surface area contributed by atoms with Gasteiger partial charge in [0.15, 0.2) is 5.82 Å². The van der Waals surface area contributed by atoms with Crippen LogP contribution in [0, 0.1) is 0 Å². The van der Waals surface area contributed by atoms with Gasteiger partial charge < -0.3 is 14.6 Å². The van der Waals surface area contributed by atoms with Crippen LogP contribution < -0.4 is 10.1 Å². The third-order valence-corrected chi connectivity index (χ3v) is 5.04. The molecule has 3 aromatic rings. The number of carbonyl (C=O) groups excluding carboxylic acids is 1. The van der Waals surface area contributed by atoms with E-state index in [-0.39, 0.29) is 11.7 Å². The molecule has 1 aromatic carbocycles. The van der Waals surface area contributed by atoms with Crippen LogP contribution in [0.3, 0.4) is 0 Å². The van der Waals surface area contributed by atoms with Crippen molar-refractivity contribution in [1.29, 1.82) is 0 Å². The van der Waals surface area contributed by atoms with Crippen molar-refractivity contribution in [2.45, 2.75) is 23.8 Å². The Bertz CT molecular complexity index is 921. The first-order valence-corrected chi connectivity index (χ1v) is 9.56. The van der Waals surface area contributed by atoms with Gasteiger partial charge in [-0.3, -0.25) is 4.79 Å². The first-order chi connectivity index (χ1) is 13.2. The Morgan fingerprint density at radius 1 is 1.26 bits per heavy atom. The molecule has 1 aliphatic carbocycles. The van der Waals surface area contributed by atoms with E-state index in [4.69, 9.17) is 9.26 Å². The number of carbonyl (C=O) groups is 1. The Morgan fingerprint density at radius 3 is 2.74 bits per heavy atom. The molecule has 0 spiro atoms. The van der Waals surface area contributed by atoms with E-state index in [1.807, 2.05) is 12.1 Å². The molecule has 7 nitrogen and oxygen atoms in total. The number of amides is 1. The molecule has 0 aliphatic heterocycles. The van der Waals surface area contributed by atoms with Crippen molar-refractivity contribution >= 4 is 23.4 Å².